The van der Waals surface area contributed by atoms with Crippen molar-refractivity contribution in [3.63, 3.8) is 0 Å². The Morgan fingerprint density at radius 2 is 1.81 bits per heavy atom. The standard InChI is InChI=1S/C22H24FN3/c1-2-24-16-18-8-3-9-19(14-18)21-12-13-25-22(26-21)11-5-7-17-6-4-10-20(23)15-17/h3-4,6,8-10,12-15,24H,2,5,7,11,16H2,1H3. The first-order chi connectivity index (χ1) is 12.7. The Labute approximate surface area is 154 Å². The van der Waals surface area contributed by atoms with E-state index in [4.69, 9.17) is 4.98 Å². The number of benzene rings is 2. The molecule has 0 radical (unpaired) electrons. The summed E-state index contributed by atoms with van der Waals surface area (Å²) in [5.74, 6) is 0.647. The van der Waals surface area contributed by atoms with E-state index in [1.807, 2.05) is 18.3 Å². The van der Waals surface area contributed by atoms with E-state index in [0.29, 0.717) is 0 Å². The Balaban J connectivity index is 1.64. The number of nitrogens with zero attached hydrogens (tertiary/aromatic N) is 2. The van der Waals surface area contributed by atoms with Crippen LogP contribution in [0.15, 0.2) is 60.8 Å². The Morgan fingerprint density at radius 3 is 2.65 bits per heavy atom. The topological polar surface area (TPSA) is 37.8 Å². The minimum absolute atomic E-state index is 0.182. The number of halogens is 1. The molecule has 2 aromatic carbocycles. The van der Waals surface area contributed by atoms with Crippen molar-refractivity contribution in [1.82, 2.24) is 15.3 Å². The van der Waals surface area contributed by atoms with Gasteiger partial charge in [0.2, 0.25) is 0 Å². The fourth-order valence-corrected chi connectivity index (χ4v) is 2.93. The fourth-order valence-electron chi connectivity index (χ4n) is 2.93. The predicted molar refractivity (Wildman–Crippen MR) is 103 cm³/mol. The van der Waals surface area contributed by atoms with Crippen LogP contribution in [0.3, 0.4) is 0 Å². The molecule has 0 unspecified atom stereocenters. The molecule has 0 aliphatic heterocycles. The molecule has 134 valence electrons. The molecule has 0 aliphatic rings. The van der Waals surface area contributed by atoms with Crippen molar-refractivity contribution in [2.45, 2.75) is 32.7 Å². The van der Waals surface area contributed by atoms with Crippen LogP contribution < -0.4 is 5.32 Å². The van der Waals surface area contributed by atoms with Gasteiger partial charge in [0, 0.05) is 24.7 Å². The molecule has 4 heteroatoms. The van der Waals surface area contributed by atoms with Crippen LogP contribution in [0.2, 0.25) is 0 Å². The highest BCUT2D eigenvalue weighted by atomic mass is 19.1. The molecular formula is C22H24FN3. The Hall–Kier alpha value is -2.59. The number of hydrogen-bond donors (Lipinski definition) is 1. The highest BCUT2D eigenvalue weighted by Crippen LogP contribution is 2.18. The lowest BCUT2D eigenvalue weighted by Gasteiger charge is -2.07. The zero-order chi connectivity index (χ0) is 18.2. The minimum atomic E-state index is -0.182. The van der Waals surface area contributed by atoms with E-state index in [1.54, 1.807) is 12.1 Å². The van der Waals surface area contributed by atoms with E-state index in [1.165, 1.54) is 11.6 Å². The first kappa shape index (κ1) is 18.2. The van der Waals surface area contributed by atoms with Gasteiger partial charge in [0.25, 0.3) is 0 Å². The molecule has 1 aromatic heterocycles. The largest absolute Gasteiger partial charge is 0.313 e. The summed E-state index contributed by atoms with van der Waals surface area (Å²) in [6.45, 7) is 3.91. The lowest BCUT2D eigenvalue weighted by molar-refractivity contribution is 0.624. The van der Waals surface area contributed by atoms with Crippen molar-refractivity contribution in [2.75, 3.05) is 6.54 Å². The van der Waals surface area contributed by atoms with Crippen LogP contribution in [0.5, 0.6) is 0 Å². The van der Waals surface area contributed by atoms with Gasteiger partial charge in [0.15, 0.2) is 0 Å². The Kier molecular flexibility index (Phi) is 6.45. The van der Waals surface area contributed by atoms with Crippen molar-refractivity contribution < 1.29 is 4.39 Å². The predicted octanol–water partition coefficient (Wildman–Crippen LogP) is 4.57. The first-order valence-electron chi connectivity index (χ1n) is 9.11. The summed E-state index contributed by atoms with van der Waals surface area (Å²) in [5.41, 5.74) is 4.31. The van der Waals surface area contributed by atoms with Crippen LogP contribution >= 0.6 is 0 Å². The zero-order valence-corrected chi connectivity index (χ0v) is 15.1. The number of aryl methyl sites for hydroxylation is 2. The van der Waals surface area contributed by atoms with Crippen LogP contribution in [0.25, 0.3) is 11.3 Å². The van der Waals surface area contributed by atoms with E-state index in [0.717, 1.165) is 55.0 Å². The molecule has 1 heterocycles. The van der Waals surface area contributed by atoms with Gasteiger partial charge in [-0.3, -0.25) is 0 Å². The molecule has 0 atom stereocenters. The number of rotatable bonds is 8. The second kappa shape index (κ2) is 9.20. The van der Waals surface area contributed by atoms with Crippen molar-refractivity contribution >= 4 is 0 Å². The first-order valence-corrected chi connectivity index (χ1v) is 9.11. The normalized spacial score (nSPS) is 10.8. The average molecular weight is 349 g/mol. The molecule has 0 saturated heterocycles. The Bertz CT molecular complexity index is 848. The monoisotopic (exact) mass is 349 g/mol. The van der Waals surface area contributed by atoms with E-state index in [-0.39, 0.29) is 5.82 Å². The van der Waals surface area contributed by atoms with Gasteiger partial charge in [0.1, 0.15) is 11.6 Å². The molecule has 0 fully saturated rings. The zero-order valence-electron chi connectivity index (χ0n) is 15.1. The van der Waals surface area contributed by atoms with E-state index in [9.17, 15) is 4.39 Å². The second-order valence-corrected chi connectivity index (χ2v) is 6.32. The molecule has 3 aromatic rings. The molecule has 26 heavy (non-hydrogen) atoms. The van der Waals surface area contributed by atoms with Crippen molar-refractivity contribution in [3.05, 3.63) is 83.6 Å². The van der Waals surface area contributed by atoms with Crippen molar-refractivity contribution in [2.24, 2.45) is 0 Å². The van der Waals surface area contributed by atoms with Crippen molar-refractivity contribution in [1.29, 1.82) is 0 Å². The lowest BCUT2D eigenvalue weighted by Crippen LogP contribution is -2.11. The number of hydrogen-bond acceptors (Lipinski definition) is 3. The lowest BCUT2D eigenvalue weighted by atomic mass is 10.1. The minimum Gasteiger partial charge on any atom is -0.313 e. The number of nitrogens with one attached hydrogen (secondary N) is 1. The van der Waals surface area contributed by atoms with E-state index < -0.39 is 0 Å². The van der Waals surface area contributed by atoms with E-state index >= 15 is 0 Å². The maximum absolute atomic E-state index is 13.2. The highest BCUT2D eigenvalue weighted by Gasteiger charge is 2.04. The smallest absolute Gasteiger partial charge is 0.128 e. The number of aromatic nitrogens is 2. The van der Waals surface area contributed by atoms with Gasteiger partial charge in [-0.1, -0.05) is 37.3 Å². The Morgan fingerprint density at radius 1 is 0.962 bits per heavy atom. The molecule has 0 spiro atoms. The third-order valence-electron chi connectivity index (χ3n) is 4.26. The maximum atomic E-state index is 13.2. The molecule has 0 aliphatic carbocycles. The maximum Gasteiger partial charge on any atom is 0.128 e. The summed E-state index contributed by atoms with van der Waals surface area (Å²) in [5, 5.41) is 3.34. The second-order valence-electron chi connectivity index (χ2n) is 6.32. The summed E-state index contributed by atoms with van der Waals surface area (Å²) < 4.78 is 13.2. The van der Waals surface area contributed by atoms with Gasteiger partial charge in [0.05, 0.1) is 5.69 Å². The van der Waals surface area contributed by atoms with Gasteiger partial charge < -0.3 is 5.32 Å². The molecule has 3 rings (SSSR count). The quantitative estimate of drug-likeness (QED) is 0.647. The average Bonchev–Trinajstić information content (AvgIpc) is 2.67. The van der Waals surface area contributed by atoms with Crippen LogP contribution in [-0.2, 0) is 19.4 Å². The summed E-state index contributed by atoms with van der Waals surface area (Å²) in [4.78, 5) is 9.10. The van der Waals surface area contributed by atoms with Gasteiger partial charge in [-0.05, 0) is 54.8 Å². The molecule has 0 bridgehead atoms. The fraction of sp³-hybridized carbons (Fsp3) is 0.273. The molecule has 0 saturated carbocycles. The van der Waals surface area contributed by atoms with Crippen LogP contribution in [0.4, 0.5) is 4.39 Å². The summed E-state index contributed by atoms with van der Waals surface area (Å²) in [6, 6.07) is 17.1. The van der Waals surface area contributed by atoms with E-state index in [2.05, 4.69) is 41.5 Å². The third-order valence-corrected chi connectivity index (χ3v) is 4.26. The molecular weight excluding hydrogens is 325 g/mol. The van der Waals surface area contributed by atoms with Crippen LogP contribution in [0, 0.1) is 5.82 Å². The molecule has 3 nitrogen and oxygen atoms in total. The summed E-state index contributed by atoms with van der Waals surface area (Å²) in [7, 11) is 0. The van der Waals surface area contributed by atoms with Gasteiger partial charge in [-0.25, -0.2) is 14.4 Å². The van der Waals surface area contributed by atoms with Crippen LogP contribution in [-0.4, -0.2) is 16.5 Å². The van der Waals surface area contributed by atoms with Gasteiger partial charge in [-0.15, -0.1) is 0 Å². The summed E-state index contributed by atoms with van der Waals surface area (Å²) >= 11 is 0. The molecule has 0 amide bonds. The van der Waals surface area contributed by atoms with Gasteiger partial charge >= 0.3 is 0 Å². The van der Waals surface area contributed by atoms with Gasteiger partial charge in [-0.2, -0.15) is 0 Å². The summed E-state index contributed by atoms with van der Waals surface area (Å²) in [6.07, 6.45) is 4.31. The third kappa shape index (κ3) is 5.20. The van der Waals surface area contributed by atoms with Crippen molar-refractivity contribution in [3.8, 4) is 11.3 Å². The molecule has 1 N–H and O–H groups in total. The van der Waals surface area contributed by atoms with Crippen LogP contribution in [0.1, 0.15) is 30.3 Å². The SMILES string of the molecule is CCNCc1cccc(-c2ccnc(CCCc3cccc(F)c3)n2)c1. The highest BCUT2D eigenvalue weighted by molar-refractivity contribution is 5.59.